The molecule has 0 radical (unpaired) electrons. The molecule has 222 valence electrons. The lowest BCUT2D eigenvalue weighted by atomic mass is 10.00. The predicted molar refractivity (Wildman–Crippen MR) is 164 cm³/mol. The van der Waals surface area contributed by atoms with E-state index in [9.17, 15) is 9.90 Å². The van der Waals surface area contributed by atoms with E-state index in [4.69, 9.17) is 0 Å². The van der Waals surface area contributed by atoms with Crippen LogP contribution in [0.3, 0.4) is 0 Å². The first kappa shape index (κ1) is 36.4. The van der Waals surface area contributed by atoms with E-state index < -0.39 is 6.10 Å². The summed E-state index contributed by atoms with van der Waals surface area (Å²) in [5.74, 6) is 0.128. The number of nitrogens with one attached hydrogen (secondary N) is 1. The molecule has 0 fully saturated rings. The quantitative estimate of drug-likeness (QED) is 0.0920. The average Bonchev–Trinajstić information content (AvgIpc) is 2.90. The van der Waals surface area contributed by atoms with Gasteiger partial charge in [-0.05, 0) is 19.3 Å². The molecule has 2 atom stereocenters. The molecule has 37 heavy (non-hydrogen) atoms. The van der Waals surface area contributed by atoms with Crippen LogP contribution in [-0.4, -0.2) is 23.2 Å². The molecule has 0 saturated heterocycles. The minimum atomic E-state index is -0.399. The van der Waals surface area contributed by atoms with Crippen molar-refractivity contribution in [1.29, 1.82) is 0 Å². The van der Waals surface area contributed by atoms with Crippen LogP contribution >= 0.6 is 0 Å². The van der Waals surface area contributed by atoms with Crippen molar-refractivity contribution in [2.45, 2.75) is 213 Å². The molecule has 0 rings (SSSR count). The van der Waals surface area contributed by atoms with Gasteiger partial charge in [-0.3, -0.25) is 4.79 Å². The molecular weight excluding hydrogens is 454 g/mol. The highest BCUT2D eigenvalue weighted by molar-refractivity contribution is 5.76. The van der Waals surface area contributed by atoms with E-state index in [-0.39, 0.29) is 11.9 Å². The first-order chi connectivity index (χ1) is 18.2. The molecule has 0 aliphatic rings. The van der Waals surface area contributed by atoms with Gasteiger partial charge in [0.25, 0.3) is 0 Å². The zero-order valence-electron chi connectivity index (χ0n) is 25.8. The van der Waals surface area contributed by atoms with Crippen LogP contribution in [0.5, 0.6) is 0 Å². The second-order valence-corrected chi connectivity index (χ2v) is 11.8. The first-order valence-corrected chi connectivity index (χ1v) is 17.1. The van der Waals surface area contributed by atoms with Crippen molar-refractivity contribution in [3.05, 3.63) is 0 Å². The standard InChI is InChI=1S/C34H69NO2/c1-4-7-9-11-13-15-17-19-20-22-24-26-28-30-33(36)32(6-3)35-34(37)31-29-27-25-23-21-18-16-14-12-10-8-5-2/h32-33,36H,4-31H2,1-3H3,(H,35,37). The second-order valence-electron chi connectivity index (χ2n) is 11.8. The fourth-order valence-electron chi connectivity index (χ4n) is 5.45. The summed E-state index contributed by atoms with van der Waals surface area (Å²) in [4.78, 5) is 12.4. The van der Waals surface area contributed by atoms with Crippen molar-refractivity contribution < 1.29 is 9.90 Å². The minimum Gasteiger partial charge on any atom is -0.391 e. The summed E-state index contributed by atoms with van der Waals surface area (Å²) in [6.07, 6.45) is 35.1. The summed E-state index contributed by atoms with van der Waals surface area (Å²) in [6.45, 7) is 6.63. The molecule has 0 aromatic heterocycles. The molecule has 0 bridgehead atoms. The maximum atomic E-state index is 12.4. The van der Waals surface area contributed by atoms with E-state index in [0.717, 1.165) is 32.1 Å². The van der Waals surface area contributed by atoms with Crippen molar-refractivity contribution in [2.24, 2.45) is 0 Å². The summed E-state index contributed by atoms with van der Waals surface area (Å²) in [7, 11) is 0. The number of unbranched alkanes of at least 4 members (excludes halogenated alkanes) is 23. The molecule has 0 aromatic carbocycles. The molecule has 0 spiro atoms. The van der Waals surface area contributed by atoms with Gasteiger partial charge in [0.2, 0.25) is 5.91 Å². The van der Waals surface area contributed by atoms with Crippen molar-refractivity contribution in [2.75, 3.05) is 0 Å². The molecule has 3 nitrogen and oxygen atoms in total. The van der Waals surface area contributed by atoms with Crippen molar-refractivity contribution in [3.8, 4) is 0 Å². The van der Waals surface area contributed by atoms with Crippen molar-refractivity contribution in [1.82, 2.24) is 5.32 Å². The molecule has 1 amide bonds. The first-order valence-electron chi connectivity index (χ1n) is 17.1. The van der Waals surface area contributed by atoms with Gasteiger partial charge < -0.3 is 10.4 Å². The third kappa shape index (κ3) is 26.8. The third-order valence-electron chi connectivity index (χ3n) is 8.11. The van der Waals surface area contributed by atoms with Crippen LogP contribution in [0.1, 0.15) is 201 Å². The second kappa shape index (κ2) is 30.0. The number of amides is 1. The molecule has 0 heterocycles. The topological polar surface area (TPSA) is 49.3 Å². The molecule has 2 N–H and O–H groups in total. The van der Waals surface area contributed by atoms with Gasteiger partial charge in [-0.25, -0.2) is 0 Å². The molecule has 0 aliphatic heterocycles. The van der Waals surface area contributed by atoms with E-state index >= 15 is 0 Å². The Bertz CT molecular complexity index is 453. The highest BCUT2D eigenvalue weighted by Crippen LogP contribution is 2.16. The maximum Gasteiger partial charge on any atom is 0.220 e. The number of carbonyl (C=O) groups excluding carboxylic acids is 1. The summed E-state index contributed by atoms with van der Waals surface area (Å²) < 4.78 is 0. The van der Waals surface area contributed by atoms with E-state index in [1.165, 1.54) is 141 Å². The predicted octanol–water partition coefficient (Wildman–Crippen LogP) is 10.8. The van der Waals surface area contributed by atoms with E-state index in [0.29, 0.717) is 6.42 Å². The van der Waals surface area contributed by atoms with Crippen molar-refractivity contribution in [3.63, 3.8) is 0 Å². The van der Waals surface area contributed by atoms with Crippen LogP contribution in [0.25, 0.3) is 0 Å². The Hall–Kier alpha value is -0.570. The number of rotatable bonds is 30. The van der Waals surface area contributed by atoms with Gasteiger partial charge in [0.1, 0.15) is 0 Å². The minimum absolute atomic E-state index is 0.0813. The Kier molecular flexibility index (Phi) is 29.5. The summed E-state index contributed by atoms with van der Waals surface area (Å²) in [6, 6.07) is -0.0813. The lowest BCUT2D eigenvalue weighted by Crippen LogP contribution is -2.42. The zero-order valence-corrected chi connectivity index (χ0v) is 25.8. The number of aliphatic hydroxyl groups is 1. The zero-order chi connectivity index (χ0) is 27.2. The Morgan fingerprint density at radius 3 is 1.19 bits per heavy atom. The van der Waals surface area contributed by atoms with Crippen LogP contribution in [0.15, 0.2) is 0 Å². The third-order valence-corrected chi connectivity index (χ3v) is 8.11. The van der Waals surface area contributed by atoms with E-state index in [1.807, 2.05) is 0 Å². The lowest BCUT2D eigenvalue weighted by molar-refractivity contribution is -0.122. The molecule has 2 unspecified atom stereocenters. The van der Waals surface area contributed by atoms with Gasteiger partial charge in [0.05, 0.1) is 12.1 Å². The Morgan fingerprint density at radius 2 is 0.838 bits per heavy atom. The van der Waals surface area contributed by atoms with Crippen LogP contribution < -0.4 is 5.32 Å². The van der Waals surface area contributed by atoms with Crippen LogP contribution in [-0.2, 0) is 4.79 Å². The maximum absolute atomic E-state index is 12.4. The average molecular weight is 524 g/mol. The molecule has 0 aromatic rings. The summed E-state index contributed by atoms with van der Waals surface area (Å²) >= 11 is 0. The van der Waals surface area contributed by atoms with E-state index in [2.05, 4.69) is 26.1 Å². The number of hydrogen-bond donors (Lipinski definition) is 2. The highest BCUT2D eigenvalue weighted by Gasteiger charge is 2.18. The Labute approximate surface area is 233 Å². The molecule has 3 heteroatoms. The van der Waals surface area contributed by atoms with E-state index in [1.54, 1.807) is 0 Å². The SMILES string of the molecule is CCCCCCCCCCCCCCCC(O)C(CC)NC(=O)CCCCCCCCCCCCCC. The summed E-state index contributed by atoms with van der Waals surface area (Å²) in [5, 5.41) is 13.7. The van der Waals surface area contributed by atoms with Gasteiger partial charge >= 0.3 is 0 Å². The summed E-state index contributed by atoms with van der Waals surface area (Å²) in [5.41, 5.74) is 0. The highest BCUT2D eigenvalue weighted by atomic mass is 16.3. The molecule has 0 saturated carbocycles. The van der Waals surface area contributed by atoms with Crippen LogP contribution in [0, 0.1) is 0 Å². The largest absolute Gasteiger partial charge is 0.391 e. The smallest absolute Gasteiger partial charge is 0.220 e. The lowest BCUT2D eigenvalue weighted by Gasteiger charge is -2.23. The number of aliphatic hydroxyl groups excluding tert-OH is 1. The van der Waals surface area contributed by atoms with Crippen LogP contribution in [0.4, 0.5) is 0 Å². The molecular formula is C34H69NO2. The van der Waals surface area contributed by atoms with Crippen LogP contribution in [0.2, 0.25) is 0 Å². The monoisotopic (exact) mass is 524 g/mol. The normalized spacial score (nSPS) is 13.1. The molecule has 0 aliphatic carbocycles. The van der Waals surface area contributed by atoms with Gasteiger partial charge in [-0.1, -0.05) is 175 Å². The Morgan fingerprint density at radius 1 is 0.514 bits per heavy atom. The van der Waals surface area contributed by atoms with Gasteiger partial charge in [0.15, 0.2) is 0 Å². The van der Waals surface area contributed by atoms with Gasteiger partial charge in [-0.15, -0.1) is 0 Å². The fourth-order valence-corrected chi connectivity index (χ4v) is 5.45. The Balaban J connectivity index is 3.56. The van der Waals surface area contributed by atoms with Gasteiger partial charge in [0, 0.05) is 6.42 Å². The number of hydrogen-bond acceptors (Lipinski definition) is 2. The fraction of sp³-hybridized carbons (Fsp3) is 0.971. The number of carbonyl (C=O) groups is 1. The van der Waals surface area contributed by atoms with Gasteiger partial charge in [-0.2, -0.15) is 0 Å². The van der Waals surface area contributed by atoms with Crippen molar-refractivity contribution >= 4 is 5.91 Å².